The van der Waals surface area contributed by atoms with Gasteiger partial charge in [0.1, 0.15) is 34.0 Å². The summed E-state index contributed by atoms with van der Waals surface area (Å²) in [6, 6.07) is 12.3. The number of hydrogen-bond donors (Lipinski definition) is 6. The Bertz CT molecular complexity index is 1530. The molecule has 0 bridgehead atoms. The quantitative estimate of drug-likeness (QED) is 0.176. The lowest BCUT2D eigenvalue weighted by Crippen LogP contribution is -2.20. The molecule has 0 fully saturated rings. The van der Waals surface area contributed by atoms with Crippen molar-refractivity contribution in [2.75, 3.05) is 19.8 Å². The van der Waals surface area contributed by atoms with Crippen molar-refractivity contribution in [2.24, 2.45) is 11.8 Å². The fourth-order valence-electron chi connectivity index (χ4n) is 4.45. The molecule has 1 heterocycles. The number of aromatic hydroxyl groups is 4. The van der Waals surface area contributed by atoms with E-state index >= 15 is 0 Å². The van der Waals surface area contributed by atoms with Crippen LogP contribution in [0.4, 0.5) is 0 Å². The highest BCUT2D eigenvalue weighted by Gasteiger charge is 2.22. The normalized spacial score (nSPS) is 11.5. The van der Waals surface area contributed by atoms with Crippen LogP contribution in [-0.4, -0.2) is 50.5 Å². The minimum absolute atomic E-state index is 0.0413. The lowest BCUT2D eigenvalue weighted by atomic mass is 9.93. The smallest absolute Gasteiger partial charge is 0.238 e. The van der Waals surface area contributed by atoms with Crippen molar-refractivity contribution in [3.63, 3.8) is 0 Å². The molecule has 39 heavy (non-hydrogen) atoms. The maximum absolute atomic E-state index is 13.3. The van der Waals surface area contributed by atoms with Crippen LogP contribution in [0.1, 0.15) is 30.5 Å². The molecule has 206 valence electrons. The number of aliphatic hydroxyl groups excluding tert-OH is 2. The molecule has 0 saturated heterocycles. The first-order valence-corrected chi connectivity index (χ1v) is 12.6. The first-order chi connectivity index (χ1) is 18.6. The van der Waals surface area contributed by atoms with E-state index in [1.807, 2.05) is 19.9 Å². The van der Waals surface area contributed by atoms with E-state index in [1.165, 1.54) is 12.1 Å². The molecule has 6 N–H and O–H groups in total. The molecule has 0 saturated carbocycles. The summed E-state index contributed by atoms with van der Waals surface area (Å²) >= 11 is 0. The van der Waals surface area contributed by atoms with Crippen LogP contribution in [-0.2, 0) is 12.8 Å². The molecule has 0 amide bonds. The van der Waals surface area contributed by atoms with E-state index in [2.05, 4.69) is 0 Å². The monoisotopic (exact) mass is 536 g/mol. The van der Waals surface area contributed by atoms with Crippen LogP contribution in [0.5, 0.6) is 28.7 Å². The van der Waals surface area contributed by atoms with Crippen molar-refractivity contribution in [1.82, 2.24) is 0 Å². The van der Waals surface area contributed by atoms with E-state index in [9.17, 15) is 35.4 Å². The van der Waals surface area contributed by atoms with Gasteiger partial charge in [-0.15, -0.1) is 0 Å². The van der Waals surface area contributed by atoms with E-state index < -0.39 is 17.1 Å². The Morgan fingerprint density at radius 1 is 0.872 bits per heavy atom. The van der Waals surface area contributed by atoms with Gasteiger partial charge in [0.2, 0.25) is 11.2 Å². The molecule has 9 nitrogen and oxygen atoms in total. The van der Waals surface area contributed by atoms with Crippen molar-refractivity contribution in [3.8, 4) is 40.1 Å². The first kappa shape index (κ1) is 27.8. The van der Waals surface area contributed by atoms with Gasteiger partial charge >= 0.3 is 0 Å². The molecule has 4 rings (SSSR count). The summed E-state index contributed by atoms with van der Waals surface area (Å²) in [6.45, 7) is 3.17. The van der Waals surface area contributed by atoms with Crippen molar-refractivity contribution < 1.29 is 39.8 Å². The average Bonchev–Trinajstić information content (AvgIpc) is 2.88. The molecule has 0 atom stereocenters. The molecule has 3 aromatic carbocycles. The van der Waals surface area contributed by atoms with Gasteiger partial charge in [0.25, 0.3) is 0 Å². The van der Waals surface area contributed by atoms with Crippen molar-refractivity contribution in [2.45, 2.75) is 26.7 Å². The third kappa shape index (κ3) is 6.10. The van der Waals surface area contributed by atoms with Gasteiger partial charge in [-0.2, -0.15) is 0 Å². The van der Waals surface area contributed by atoms with E-state index in [4.69, 9.17) is 9.15 Å². The maximum atomic E-state index is 13.3. The van der Waals surface area contributed by atoms with Gasteiger partial charge in [0.05, 0.1) is 19.8 Å². The van der Waals surface area contributed by atoms with E-state index in [0.717, 1.165) is 5.56 Å². The van der Waals surface area contributed by atoms with Crippen LogP contribution in [0.25, 0.3) is 22.3 Å². The summed E-state index contributed by atoms with van der Waals surface area (Å²) in [4.78, 5) is 13.3. The maximum Gasteiger partial charge on any atom is 0.238 e. The van der Waals surface area contributed by atoms with Gasteiger partial charge in [0, 0.05) is 30.0 Å². The Morgan fingerprint density at radius 3 is 2.26 bits per heavy atom. The number of phenolic OH excluding ortho intramolecular Hbond substituents is 3. The average molecular weight is 537 g/mol. The number of rotatable bonds is 10. The van der Waals surface area contributed by atoms with E-state index in [0.29, 0.717) is 23.1 Å². The molecular weight excluding hydrogens is 504 g/mol. The van der Waals surface area contributed by atoms with Crippen LogP contribution in [0.15, 0.2) is 57.7 Å². The van der Waals surface area contributed by atoms with Gasteiger partial charge in [-0.3, -0.25) is 4.79 Å². The molecule has 0 radical (unpaired) electrons. The van der Waals surface area contributed by atoms with Crippen LogP contribution in [0.3, 0.4) is 0 Å². The second-order valence-corrected chi connectivity index (χ2v) is 10.1. The van der Waals surface area contributed by atoms with Gasteiger partial charge in [-0.25, -0.2) is 0 Å². The van der Waals surface area contributed by atoms with Gasteiger partial charge in [-0.1, -0.05) is 26.0 Å². The van der Waals surface area contributed by atoms with Crippen LogP contribution >= 0.6 is 0 Å². The number of phenols is 3. The highest BCUT2D eigenvalue weighted by molar-refractivity contribution is 5.88. The molecule has 9 heteroatoms. The zero-order chi connectivity index (χ0) is 28.3. The Balaban J connectivity index is 1.87. The highest BCUT2D eigenvalue weighted by Crippen LogP contribution is 2.39. The number of fused-ring (bicyclic) bond motifs is 1. The Morgan fingerprint density at radius 2 is 1.59 bits per heavy atom. The SMILES string of the molecule is CC(C)Cc1cc(-c2oc3cc(O)cc(OCC(CO)CO)c3c(=O)c2O)cc(Cc2cccc(O)c2)c1O. The molecule has 0 aliphatic carbocycles. The molecule has 0 aliphatic rings. The van der Waals surface area contributed by atoms with Gasteiger partial charge in [-0.05, 0) is 53.3 Å². The Kier molecular flexibility index (Phi) is 8.32. The highest BCUT2D eigenvalue weighted by atomic mass is 16.5. The van der Waals surface area contributed by atoms with E-state index in [-0.39, 0.29) is 71.9 Å². The number of benzene rings is 3. The fraction of sp³-hybridized carbons (Fsp3) is 0.300. The topological polar surface area (TPSA) is 161 Å². The third-order valence-electron chi connectivity index (χ3n) is 6.37. The second kappa shape index (κ2) is 11.7. The predicted octanol–water partition coefficient (Wildman–Crippen LogP) is 4.05. The van der Waals surface area contributed by atoms with Crippen LogP contribution in [0.2, 0.25) is 0 Å². The van der Waals surface area contributed by atoms with Gasteiger partial charge < -0.3 is 39.8 Å². The molecular formula is C30H32O9. The van der Waals surface area contributed by atoms with Crippen molar-refractivity contribution >= 4 is 11.0 Å². The Labute approximate surface area is 224 Å². The summed E-state index contributed by atoms with van der Waals surface area (Å²) in [7, 11) is 0. The summed E-state index contributed by atoms with van der Waals surface area (Å²) in [5.74, 6) is -1.39. The molecule has 4 aromatic rings. The largest absolute Gasteiger partial charge is 0.508 e. The summed E-state index contributed by atoms with van der Waals surface area (Å²) in [6.07, 6.45) is 0.786. The number of aliphatic hydroxyl groups is 2. The number of hydrogen-bond acceptors (Lipinski definition) is 9. The van der Waals surface area contributed by atoms with Crippen LogP contribution < -0.4 is 10.2 Å². The Hall–Kier alpha value is -4.21. The lowest BCUT2D eigenvalue weighted by molar-refractivity contribution is 0.106. The standard InChI is InChI=1S/C30H32O9/c1-16(2)6-19-9-21(10-20(27(19)35)7-17-4-3-5-22(33)8-17)30-29(37)28(36)26-24(38-15-18(13-31)14-32)11-23(34)12-25(26)39-30/h3-5,8-12,16,18,31-35,37H,6-7,13-15H2,1-2H3. The summed E-state index contributed by atoms with van der Waals surface area (Å²) in [5, 5.41) is 60.7. The molecule has 0 aliphatic heterocycles. The number of ether oxygens (including phenoxy) is 1. The minimum Gasteiger partial charge on any atom is -0.508 e. The van der Waals surface area contributed by atoms with Crippen LogP contribution in [0, 0.1) is 11.8 Å². The minimum atomic E-state index is -0.793. The van der Waals surface area contributed by atoms with Crippen molar-refractivity contribution in [1.29, 1.82) is 0 Å². The van der Waals surface area contributed by atoms with Crippen molar-refractivity contribution in [3.05, 3.63) is 75.4 Å². The zero-order valence-corrected chi connectivity index (χ0v) is 21.7. The molecule has 0 unspecified atom stereocenters. The fourth-order valence-corrected chi connectivity index (χ4v) is 4.45. The van der Waals surface area contributed by atoms with E-state index in [1.54, 1.807) is 30.3 Å². The predicted molar refractivity (Wildman–Crippen MR) is 146 cm³/mol. The lowest BCUT2D eigenvalue weighted by Gasteiger charge is -2.17. The molecule has 0 spiro atoms. The zero-order valence-electron chi connectivity index (χ0n) is 21.7. The summed E-state index contributed by atoms with van der Waals surface area (Å²) in [5.41, 5.74) is 1.37. The molecule has 1 aromatic heterocycles. The first-order valence-electron chi connectivity index (χ1n) is 12.6. The second-order valence-electron chi connectivity index (χ2n) is 10.1. The summed E-state index contributed by atoms with van der Waals surface area (Å²) < 4.78 is 11.5. The van der Waals surface area contributed by atoms with Gasteiger partial charge in [0.15, 0.2) is 5.76 Å². The third-order valence-corrected chi connectivity index (χ3v) is 6.37.